The zero-order valence-electron chi connectivity index (χ0n) is 9.46. The molecule has 0 N–H and O–H groups in total. The molecule has 1 rings (SSSR count). The van der Waals surface area contributed by atoms with Gasteiger partial charge in [-0.25, -0.2) is 0 Å². The molecule has 16 heavy (non-hydrogen) atoms. The van der Waals surface area contributed by atoms with E-state index in [-0.39, 0.29) is 5.91 Å². The minimum absolute atomic E-state index is 0.0644. The Kier molecular flexibility index (Phi) is 5.55. The second-order valence-corrected chi connectivity index (χ2v) is 5.30. The lowest BCUT2D eigenvalue weighted by molar-refractivity contribution is 0.0792. The number of carbonyl (C=O) groups excluding carboxylic acids is 1. The van der Waals surface area contributed by atoms with Crippen LogP contribution in [0.3, 0.4) is 0 Å². The third kappa shape index (κ3) is 3.63. The largest absolute Gasteiger partial charge is 0.342 e. The van der Waals surface area contributed by atoms with E-state index in [0.29, 0.717) is 5.02 Å². The molecule has 1 amide bonds. The topological polar surface area (TPSA) is 20.3 Å². The van der Waals surface area contributed by atoms with Crippen molar-refractivity contribution in [2.24, 2.45) is 0 Å². The summed E-state index contributed by atoms with van der Waals surface area (Å²) in [5.74, 6) is 0.0644. The van der Waals surface area contributed by atoms with E-state index in [0.717, 1.165) is 28.5 Å². The van der Waals surface area contributed by atoms with Crippen LogP contribution in [0.15, 0.2) is 18.2 Å². The predicted octanol–water partition coefficient (Wildman–Crippen LogP) is 3.82. The molecule has 88 valence electrons. The van der Waals surface area contributed by atoms with E-state index in [4.69, 9.17) is 11.6 Å². The fourth-order valence-electron chi connectivity index (χ4n) is 1.37. The Morgan fingerprint density at radius 3 is 2.75 bits per heavy atom. The number of amides is 1. The number of rotatable bonds is 4. The van der Waals surface area contributed by atoms with Gasteiger partial charge in [0.05, 0.1) is 5.56 Å². The van der Waals surface area contributed by atoms with Crippen LogP contribution >= 0.6 is 34.2 Å². The van der Waals surface area contributed by atoms with Crippen LogP contribution in [0, 0.1) is 3.57 Å². The summed E-state index contributed by atoms with van der Waals surface area (Å²) in [6.45, 7) is 2.92. The molecule has 0 radical (unpaired) electrons. The summed E-state index contributed by atoms with van der Waals surface area (Å²) in [5, 5.41) is 0.664. The average Bonchev–Trinajstić information content (AvgIpc) is 2.25. The molecule has 1 aromatic carbocycles. The first kappa shape index (κ1) is 13.8. The molecule has 0 spiro atoms. The highest BCUT2D eigenvalue weighted by Crippen LogP contribution is 2.19. The van der Waals surface area contributed by atoms with E-state index in [9.17, 15) is 4.79 Å². The van der Waals surface area contributed by atoms with Crippen LogP contribution in [-0.2, 0) is 0 Å². The lowest BCUT2D eigenvalue weighted by Crippen LogP contribution is -2.28. The van der Waals surface area contributed by atoms with Gasteiger partial charge in [-0.2, -0.15) is 0 Å². The van der Waals surface area contributed by atoms with Gasteiger partial charge in [-0.1, -0.05) is 24.9 Å². The van der Waals surface area contributed by atoms with E-state index in [1.54, 1.807) is 17.0 Å². The van der Waals surface area contributed by atoms with Gasteiger partial charge in [0.1, 0.15) is 0 Å². The minimum atomic E-state index is 0.0644. The first-order valence-electron chi connectivity index (χ1n) is 5.26. The van der Waals surface area contributed by atoms with Crippen molar-refractivity contribution in [3.8, 4) is 0 Å². The van der Waals surface area contributed by atoms with Crippen molar-refractivity contribution >= 4 is 40.1 Å². The number of hydrogen-bond donors (Lipinski definition) is 0. The Bertz CT molecular complexity index is 381. The molecule has 0 aliphatic carbocycles. The Morgan fingerprint density at radius 1 is 1.50 bits per heavy atom. The predicted molar refractivity (Wildman–Crippen MR) is 76.0 cm³/mol. The Morgan fingerprint density at radius 2 is 2.19 bits per heavy atom. The number of hydrogen-bond acceptors (Lipinski definition) is 1. The van der Waals surface area contributed by atoms with Gasteiger partial charge in [0.15, 0.2) is 0 Å². The molecule has 1 aromatic rings. The van der Waals surface area contributed by atoms with E-state index >= 15 is 0 Å². The van der Waals surface area contributed by atoms with Crippen molar-refractivity contribution in [1.82, 2.24) is 4.90 Å². The molecule has 0 atom stereocenters. The summed E-state index contributed by atoms with van der Waals surface area (Å²) in [7, 11) is 1.84. The molecule has 0 unspecified atom stereocenters. The maximum atomic E-state index is 12.1. The Balaban J connectivity index is 2.79. The molecular weight excluding hydrogens is 336 g/mol. The van der Waals surface area contributed by atoms with Gasteiger partial charge >= 0.3 is 0 Å². The quantitative estimate of drug-likeness (QED) is 0.755. The van der Waals surface area contributed by atoms with Crippen molar-refractivity contribution < 1.29 is 4.79 Å². The molecule has 0 saturated carbocycles. The number of carbonyl (C=O) groups is 1. The van der Waals surface area contributed by atoms with E-state index < -0.39 is 0 Å². The summed E-state index contributed by atoms with van der Waals surface area (Å²) in [6.07, 6.45) is 2.13. The SMILES string of the molecule is CCCCN(C)C(=O)c1ccc(Cl)cc1I. The summed E-state index contributed by atoms with van der Waals surface area (Å²) in [4.78, 5) is 13.8. The molecular formula is C12H15ClINO. The molecule has 0 bridgehead atoms. The van der Waals surface area contributed by atoms with E-state index in [2.05, 4.69) is 29.5 Å². The first-order chi connectivity index (χ1) is 7.56. The van der Waals surface area contributed by atoms with Crippen LogP contribution in [0.2, 0.25) is 5.02 Å². The zero-order valence-corrected chi connectivity index (χ0v) is 12.4. The van der Waals surface area contributed by atoms with Crippen molar-refractivity contribution in [2.75, 3.05) is 13.6 Å². The highest BCUT2D eigenvalue weighted by molar-refractivity contribution is 14.1. The number of halogens is 2. The molecule has 0 aromatic heterocycles. The first-order valence-corrected chi connectivity index (χ1v) is 6.72. The summed E-state index contributed by atoms with van der Waals surface area (Å²) >= 11 is 8.00. The van der Waals surface area contributed by atoms with Gasteiger partial charge in [0.2, 0.25) is 0 Å². The maximum Gasteiger partial charge on any atom is 0.254 e. The molecule has 0 fully saturated rings. The molecule has 2 nitrogen and oxygen atoms in total. The lowest BCUT2D eigenvalue weighted by Gasteiger charge is -2.17. The molecule has 0 heterocycles. The van der Waals surface area contributed by atoms with Gasteiger partial charge in [-0.3, -0.25) is 4.79 Å². The summed E-state index contributed by atoms with van der Waals surface area (Å²) in [5.41, 5.74) is 0.726. The fourth-order valence-corrected chi connectivity index (χ4v) is 2.47. The van der Waals surface area contributed by atoms with E-state index in [1.807, 2.05) is 13.1 Å². The Labute approximate surface area is 115 Å². The van der Waals surface area contributed by atoms with Gasteiger partial charge in [0.25, 0.3) is 5.91 Å². The highest BCUT2D eigenvalue weighted by Gasteiger charge is 2.14. The fraction of sp³-hybridized carbons (Fsp3) is 0.417. The zero-order chi connectivity index (χ0) is 12.1. The van der Waals surface area contributed by atoms with Gasteiger partial charge in [-0.15, -0.1) is 0 Å². The number of nitrogens with zero attached hydrogens (tertiary/aromatic N) is 1. The standard InChI is InChI=1S/C12H15ClINO/c1-3-4-7-15(2)12(16)10-6-5-9(13)8-11(10)14/h5-6,8H,3-4,7H2,1-2H3. The highest BCUT2D eigenvalue weighted by atomic mass is 127. The van der Waals surface area contributed by atoms with Crippen molar-refractivity contribution in [2.45, 2.75) is 19.8 Å². The average molecular weight is 352 g/mol. The van der Waals surface area contributed by atoms with Gasteiger partial charge in [0, 0.05) is 22.2 Å². The normalized spacial score (nSPS) is 10.2. The monoisotopic (exact) mass is 351 g/mol. The van der Waals surface area contributed by atoms with Crippen LogP contribution < -0.4 is 0 Å². The van der Waals surface area contributed by atoms with Crippen LogP contribution in [0.1, 0.15) is 30.1 Å². The van der Waals surface area contributed by atoms with Crippen molar-refractivity contribution in [3.63, 3.8) is 0 Å². The van der Waals surface area contributed by atoms with Crippen LogP contribution in [0.4, 0.5) is 0 Å². The van der Waals surface area contributed by atoms with Crippen molar-refractivity contribution in [3.05, 3.63) is 32.4 Å². The number of benzene rings is 1. The van der Waals surface area contributed by atoms with Crippen molar-refractivity contribution in [1.29, 1.82) is 0 Å². The molecule has 0 aliphatic rings. The third-order valence-electron chi connectivity index (χ3n) is 2.36. The van der Waals surface area contributed by atoms with Crippen LogP contribution in [0.25, 0.3) is 0 Å². The van der Waals surface area contributed by atoms with Gasteiger partial charge < -0.3 is 4.90 Å². The minimum Gasteiger partial charge on any atom is -0.342 e. The summed E-state index contributed by atoms with van der Waals surface area (Å²) < 4.78 is 0.901. The van der Waals surface area contributed by atoms with E-state index in [1.165, 1.54) is 0 Å². The molecule has 4 heteroatoms. The summed E-state index contributed by atoms with van der Waals surface area (Å²) in [6, 6.07) is 5.35. The Hall–Kier alpha value is -0.290. The number of unbranched alkanes of at least 4 members (excludes halogenated alkanes) is 1. The third-order valence-corrected chi connectivity index (χ3v) is 3.48. The van der Waals surface area contributed by atoms with Crippen LogP contribution in [0.5, 0.6) is 0 Å². The lowest BCUT2D eigenvalue weighted by atomic mass is 10.2. The second-order valence-electron chi connectivity index (χ2n) is 3.70. The second kappa shape index (κ2) is 6.45. The molecule has 0 saturated heterocycles. The van der Waals surface area contributed by atoms with Crippen LogP contribution in [-0.4, -0.2) is 24.4 Å². The maximum absolute atomic E-state index is 12.1. The van der Waals surface area contributed by atoms with Gasteiger partial charge in [-0.05, 0) is 47.2 Å². The smallest absolute Gasteiger partial charge is 0.254 e. The molecule has 0 aliphatic heterocycles.